The maximum Gasteiger partial charge on any atom is 0.253 e. The largest absolute Gasteiger partial charge is 0.493 e. The molecule has 7 nitrogen and oxygen atoms in total. The highest BCUT2D eigenvalue weighted by molar-refractivity contribution is 7.13. The first-order valence-corrected chi connectivity index (χ1v) is 13.5. The third-order valence-electron chi connectivity index (χ3n) is 7.28. The van der Waals surface area contributed by atoms with E-state index in [-0.39, 0.29) is 12.5 Å². The van der Waals surface area contributed by atoms with Crippen molar-refractivity contribution in [2.24, 2.45) is 0 Å². The second-order valence-electron chi connectivity index (χ2n) is 9.45. The quantitative estimate of drug-likeness (QED) is 0.257. The monoisotopic (exact) mass is 527 g/mol. The van der Waals surface area contributed by atoms with Crippen LogP contribution in [0.3, 0.4) is 0 Å². The van der Waals surface area contributed by atoms with Gasteiger partial charge in [0.15, 0.2) is 11.5 Å². The number of carbonyl (C=O) groups is 1. The fourth-order valence-corrected chi connectivity index (χ4v) is 6.24. The first kappa shape index (κ1) is 24.3. The highest BCUT2D eigenvalue weighted by Gasteiger charge is 2.29. The number of aliphatic hydroxyl groups is 1. The number of fused-ring (bicyclic) bond motifs is 4. The van der Waals surface area contributed by atoms with E-state index >= 15 is 0 Å². The van der Waals surface area contributed by atoms with Crippen molar-refractivity contribution < 1.29 is 19.4 Å². The Balaban J connectivity index is 1.37. The second-order valence-corrected chi connectivity index (χ2v) is 10.4. The third kappa shape index (κ3) is 4.15. The smallest absolute Gasteiger partial charge is 0.253 e. The summed E-state index contributed by atoms with van der Waals surface area (Å²) in [5.74, 6) is 1.16. The van der Waals surface area contributed by atoms with Gasteiger partial charge in [0.05, 0.1) is 43.0 Å². The highest BCUT2D eigenvalue weighted by Crippen LogP contribution is 2.43. The molecule has 1 aliphatic heterocycles. The number of carbonyl (C=O) groups excluding carboxylic acids is 1. The van der Waals surface area contributed by atoms with E-state index in [2.05, 4.69) is 20.9 Å². The molecule has 194 valence electrons. The number of nitrogens with one attached hydrogen (secondary N) is 2. The van der Waals surface area contributed by atoms with Crippen molar-refractivity contribution in [3.63, 3.8) is 0 Å². The first-order valence-electron chi connectivity index (χ1n) is 12.6. The molecule has 0 bridgehead atoms. The van der Waals surface area contributed by atoms with Crippen LogP contribution in [0.25, 0.3) is 32.7 Å². The van der Waals surface area contributed by atoms with E-state index in [0.29, 0.717) is 23.5 Å². The van der Waals surface area contributed by atoms with Crippen LogP contribution in [0.1, 0.15) is 21.5 Å². The molecule has 0 saturated heterocycles. The Morgan fingerprint density at radius 3 is 2.71 bits per heavy atom. The molecule has 2 aromatic carbocycles. The Morgan fingerprint density at radius 1 is 1.13 bits per heavy atom. The fraction of sp³-hybridized carbons (Fsp3) is 0.233. The molecule has 1 amide bonds. The number of thiophene rings is 1. The van der Waals surface area contributed by atoms with Crippen LogP contribution in [0, 0.1) is 0 Å². The number of aliphatic hydroxyl groups excluding tert-OH is 1. The van der Waals surface area contributed by atoms with Crippen LogP contribution in [-0.4, -0.2) is 47.4 Å². The van der Waals surface area contributed by atoms with Crippen molar-refractivity contribution in [3.05, 3.63) is 82.9 Å². The molecule has 1 aliphatic rings. The summed E-state index contributed by atoms with van der Waals surface area (Å²) in [6.07, 6.45) is 3.29. The van der Waals surface area contributed by atoms with Crippen LogP contribution in [-0.2, 0) is 19.4 Å². The molecule has 3 aromatic heterocycles. The first-order chi connectivity index (χ1) is 18.6. The van der Waals surface area contributed by atoms with E-state index in [4.69, 9.17) is 9.47 Å². The fourth-order valence-electron chi connectivity index (χ4n) is 5.45. The number of H-pyrrole nitrogens is 1. The van der Waals surface area contributed by atoms with Gasteiger partial charge in [0.1, 0.15) is 0 Å². The van der Waals surface area contributed by atoms with Gasteiger partial charge in [-0.1, -0.05) is 24.3 Å². The van der Waals surface area contributed by atoms with Gasteiger partial charge >= 0.3 is 0 Å². The molecule has 38 heavy (non-hydrogen) atoms. The van der Waals surface area contributed by atoms with Gasteiger partial charge < -0.3 is 29.4 Å². The molecule has 6 rings (SSSR count). The minimum atomic E-state index is -0.425. The van der Waals surface area contributed by atoms with Gasteiger partial charge in [0, 0.05) is 34.9 Å². The molecule has 0 radical (unpaired) electrons. The maximum atomic E-state index is 13.8. The van der Waals surface area contributed by atoms with Crippen LogP contribution >= 0.6 is 11.3 Å². The molecule has 3 N–H and O–H groups in total. The average molecular weight is 528 g/mol. The predicted octanol–water partition coefficient (Wildman–Crippen LogP) is 5.27. The molecule has 5 aromatic rings. The summed E-state index contributed by atoms with van der Waals surface area (Å²) in [6.45, 7) is 0.587. The van der Waals surface area contributed by atoms with E-state index in [0.717, 1.165) is 56.8 Å². The number of methoxy groups -OCH3 is 2. The van der Waals surface area contributed by atoms with E-state index < -0.39 is 6.04 Å². The number of aryl methyl sites for hydroxylation is 1. The van der Waals surface area contributed by atoms with Crippen molar-refractivity contribution in [1.82, 2.24) is 14.9 Å². The Kier molecular flexibility index (Phi) is 6.43. The van der Waals surface area contributed by atoms with Crippen molar-refractivity contribution in [1.29, 1.82) is 0 Å². The molecule has 0 saturated carbocycles. The zero-order chi connectivity index (χ0) is 26.2. The van der Waals surface area contributed by atoms with Crippen molar-refractivity contribution in [2.75, 3.05) is 20.8 Å². The predicted molar refractivity (Wildman–Crippen MR) is 150 cm³/mol. The van der Waals surface area contributed by atoms with Crippen LogP contribution in [0.4, 0.5) is 0 Å². The topological polar surface area (TPSA) is 88.5 Å². The summed E-state index contributed by atoms with van der Waals surface area (Å²) < 4.78 is 13.3. The average Bonchev–Trinajstić information content (AvgIpc) is 3.70. The molecule has 4 heterocycles. The minimum absolute atomic E-state index is 0.160. The highest BCUT2D eigenvalue weighted by atomic mass is 32.1. The molecule has 0 spiro atoms. The van der Waals surface area contributed by atoms with Crippen LogP contribution in [0.15, 0.2) is 66.2 Å². The molecule has 0 aliphatic carbocycles. The summed E-state index contributed by atoms with van der Waals surface area (Å²) in [5.41, 5.74) is 6.76. The number of aromatic nitrogens is 2. The number of ether oxygens (including phenoxy) is 2. The zero-order valence-corrected chi connectivity index (χ0v) is 22.1. The third-order valence-corrected chi connectivity index (χ3v) is 8.16. The van der Waals surface area contributed by atoms with Gasteiger partial charge in [-0.15, -0.1) is 11.3 Å². The normalized spacial score (nSPS) is 13.1. The van der Waals surface area contributed by atoms with E-state index in [1.165, 1.54) is 0 Å². The molecule has 0 fully saturated rings. The van der Waals surface area contributed by atoms with Crippen LogP contribution in [0.5, 0.6) is 11.5 Å². The Morgan fingerprint density at radius 2 is 1.95 bits per heavy atom. The lowest BCUT2D eigenvalue weighted by Gasteiger charge is -2.23. The van der Waals surface area contributed by atoms with Crippen molar-refractivity contribution >= 4 is 28.1 Å². The Bertz CT molecular complexity index is 1620. The number of para-hydroxylation sites is 1. The molecule has 8 heteroatoms. The molecular weight excluding hydrogens is 498 g/mol. The standard InChI is InChI=1S/C30H29N3O4S/c1-36-26-13-18-9-10-33-25(22(18)15-27(26)37-2)14-23(29(33)28-8-5-11-38-28)30(35)32-20(17-34)12-19-16-31-24-7-4-3-6-21(19)24/h3-8,11,13-16,20,31,34H,9-10,12,17H2,1-2H3,(H,32,35). The molecular formula is C30H29N3O4S. The van der Waals surface area contributed by atoms with Crippen molar-refractivity contribution in [2.45, 2.75) is 25.4 Å². The minimum Gasteiger partial charge on any atom is -0.493 e. The van der Waals surface area contributed by atoms with Gasteiger partial charge in [-0.05, 0) is 59.7 Å². The Labute approximate surface area is 224 Å². The van der Waals surface area contributed by atoms with Crippen molar-refractivity contribution in [3.8, 4) is 33.3 Å². The molecule has 1 unspecified atom stereocenters. The number of amides is 1. The number of benzene rings is 2. The van der Waals surface area contributed by atoms with Gasteiger partial charge in [-0.3, -0.25) is 4.79 Å². The van der Waals surface area contributed by atoms with Crippen LogP contribution in [0.2, 0.25) is 0 Å². The van der Waals surface area contributed by atoms with Crippen LogP contribution < -0.4 is 14.8 Å². The maximum absolute atomic E-state index is 13.8. The lowest BCUT2D eigenvalue weighted by molar-refractivity contribution is 0.0917. The van der Waals surface area contributed by atoms with Gasteiger partial charge in [-0.2, -0.15) is 0 Å². The number of hydrogen-bond acceptors (Lipinski definition) is 5. The van der Waals surface area contributed by atoms with E-state index in [1.54, 1.807) is 25.6 Å². The number of nitrogens with zero attached hydrogens (tertiary/aromatic N) is 1. The second kappa shape index (κ2) is 10.0. The zero-order valence-electron chi connectivity index (χ0n) is 21.3. The lowest BCUT2D eigenvalue weighted by atomic mass is 9.97. The summed E-state index contributed by atoms with van der Waals surface area (Å²) in [7, 11) is 3.27. The van der Waals surface area contributed by atoms with Gasteiger partial charge in [0.2, 0.25) is 0 Å². The summed E-state index contributed by atoms with van der Waals surface area (Å²) in [4.78, 5) is 18.1. The number of hydrogen-bond donors (Lipinski definition) is 3. The van der Waals surface area contributed by atoms with E-state index in [1.807, 2.05) is 60.1 Å². The Hall–Kier alpha value is -4.01. The molecule has 1 atom stereocenters. The van der Waals surface area contributed by atoms with E-state index in [9.17, 15) is 9.90 Å². The number of rotatable bonds is 8. The SMILES string of the molecule is COc1cc2c(cc1OC)-c1cc(C(=O)NC(CO)Cc3c[nH]c4ccccc34)c(-c3cccs3)n1CC2. The number of aromatic amines is 1. The summed E-state index contributed by atoms with van der Waals surface area (Å²) >= 11 is 1.61. The van der Waals surface area contributed by atoms with Gasteiger partial charge in [-0.25, -0.2) is 0 Å². The van der Waals surface area contributed by atoms with Gasteiger partial charge in [0.25, 0.3) is 5.91 Å². The summed E-state index contributed by atoms with van der Waals surface area (Å²) in [5, 5.41) is 16.4. The summed E-state index contributed by atoms with van der Waals surface area (Å²) in [6, 6.07) is 17.7. The lowest BCUT2D eigenvalue weighted by Crippen LogP contribution is -2.39.